The number of carbonyl (C=O) groups excluding carboxylic acids is 1. The topological polar surface area (TPSA) is 80.5 Å². The Morgan fingerprint density at radius 1 is 1.35 bits per heavy atom. The maximum atomic E-state index is 14.2. The number of piperidine rings is 1. The van der Waals surface area contributed by atoms with Gasteiger partial charge in [0.05, 0.1) is 5.75 Å². The summed E-state index contributed by atoms with van der Waals surface area (Å²) in [7, 11) is -3.25. The molecule has 0 unspecified atom stereocenters. The average molecular weight is 346 g/mol. The van der Waals surface area contributed by atoms with Gasteiger partial charge in [-0.05, 0) is 49.8 Å². The number of primary amides is 1. The Bertz CT molecular complexity index is 727. The summed E-state index contributed by atoms with van der Waals surface area (Å²) in [5.41, 5.74) is 4.94. The van der Waals surface area contributed by atoms with E-state index in [1.807, 2.05) is 0 Å². The summed E-state index contributed by atoms with van der Waals surface area (Å²) in [6, 6.07) is 1.15. The van der Waals surface area contributed by atoms with E-state index in [-0.39, 0.29) is 17.2 Å². The highest BCUT2D eigenvalue weighted by molar-refractivity contribution is 7.89. The Kier molecular flexibility index (Phi) is 5.05. The first-order valence-corrected chi connectivity index (χ1v) is 9.06. The van der Waals surface area contributed by atoms with Crippen molar-refractivity contribution in [1.29, 1.82) is 0 Å². The molecule has 1 amide bonds. The van der Waals surface area contributed by atoms with Gasteiger partial charge in [0, 0.05) is 13.1 Å². The van der Waals surface area contributed by atoms with Gasteiger partial charge in [0.2, 0.25) is 10.0 Å². The largest absolute Gasteiger partial charge is 0.365 e. The molecule has 0 aliphatic carbocycles. The van der Waals surface area contributed by atoms with Crippen LogP contribution >= 0.6 is 0 Å². The van der Waals surface area contributed by atoms with Crippen LogP contribution in [0.25, 0.3) is 0 Å². The molecule has 0 saturated carbocycles. The first-order chi connectivity index (χ1) is 10.7. The molecule has 0 spiro atoms. The monoisotopic (exact) mass is 346 g/mol. The number of halogens is 2. The molecule has 23 heavy (non-hydrogen) atoms. The van der Waals surface area contributed by atoms with Crippen LogP contribution in [0.4, 0.5) is 8.78 Å². The number of nitrogens with zero attached hydrogens (tertiary/aromatic N) is 1. The number of hydrogen-bond donors (Lipinski definition) is 1. The normalized spacial score (nSPS) is 17.4. The Labute approximate surface area is 134 Å². The lowest BCUT2D eigenvalue weighted by Gasteiger charge is -2.32. The second-order valence-electron chi connectivity index (χ2n) is 5.70. The van der Waals surface area contributed by atoms with E-state index in [2.05, 4.69) is 0 Å². The highest BCUT2D eigenvalue weighted by atomic mass is 32.2. The van der Waals surface area contributed by atoms with E-state index in [1.165, 1.54) is 11.2 Å². The fourth-order valence-corrected chi connectivity index (χ4v) is 4.15. The highest BCUT2D eigenvalue weighted by Gasteiger charge is 2.30. The van der Waals surface area contributed by atoms with Crippen LogP contribution in [0.1, 0.15) is 47.2 Å². The van der Waals surface area contributed by atoms with Crippen molar-refractivity contribution in [3.8, 4) is 0 Å². The van der Waals surface area contributed by atoms with Gasteiger partial charge in [0.25, 0.3) is 5.91 Å². The molecule has 0 atom stereocenters. The molecule has 1 aromatic carbocycles. The van der Waals surface area contributed by atoms with Crippen LogP contribution < -0.4 is 5.73 Å². The van der Waals surface area contributed by atoms with Gasteiger partial charge in [-0.3, -0.25) is 4.79 Å². The third-order valence-corrected chi connectivity index (χ3v) is 6.28. The standard InChI is InChI=1S/C15H20F2N2O3S/c1-3-23(21,22)19-6-4-10(5-7-19)11-8-12(16)13(15(18)20)14(17)9(11)2/h8,10H,3-7H2,1-2H3,(H2,18,20). The molecule has 1 fully saturated rings. The van der Waals surface area contributed by atoms with E-state index >= 15 is 0 Å². The molecule has 128 valence electrons. The van der Waals surface area contributed by atoms with Crippen molar-refractivity contribution in [3.05, 3.63) is 34.4 Å². The summed E-state index contributed by atoms with van der Waals surface area (Å²) in [5.74, 6) is -3.16. The Morgan fingerprint density at radius 3 is 2.39 bits per heavy atom. The third kappa shape index (κ3) is 3.37. The molecular weight excluding hydrogens is 326 g/mol. The van der Waals surface area contributed by atoms with Crippen molar-refractivity contribution in [3.63, 3.8) is 0 Å². The maximum Gasteiger partial charge on any atom is 0.254 e. The summed E-state index contributed by atoms with van der Waals surface area (Å²) >= 11 is 0. The van der Waals surface area contributed by atoms with Crippen molar-refractivity contribution in [2.24, 2.45) is 5.73 Å². The fourth-order valence-electron chi connectivity index (χ4n) is 3.01. The minimum absolute atomic E-state index is 0.0350. The molecule has 8 heteroatoms. The minimum atomic E-state index is -3.25. The van der Waals surface area contributed by atoms with E-state index in [0.29, 0.717) is 31.5 Å². The lowest BCUT2D eigenvalue weighted by atomic mass is 9.86. The number of benzene rings is 1. The van der Waals surface area contributed by atoms with Gasteiger partial charge in [-0.15, -0.1) is 0 Å². The summed E-state index contributed by atoms with van der Waals surface area (Å²) in [6.45, 7) is 3.70. The summed E-state index contributed by atoms with van der Waals surface area (Å²) < 4.78 is 53.3. The van der Waals surface area contributed by atoms with Gasteiger partial charge in [-0.25, -0.2) is 21.5 Å². The predicted molar refractivity (Wildman–Crippen MR) is 82.6 cm³/mol. The van der Waals surface area contributed by atoms with Crippen LogP contribution in [0.15, 0.2) is 6.07 Å². The van der Waals surface area contributed by atoms with Crippen molar-refractivity contribution in [2.45, 2.75) is 32.6 Å². The summed E-state index contributed by atoms with van der Waals surface area (Å²) in [4.78, 5) is 11.1. The van der Waals surface area contributed by atoms with Crippen LogP contribution in [0.3, 0.4) is 0 Å². The second kappa shape index (κ2) is 6.52. The predicted octanol–water partition coefficient (Wildman–Crippen LogP) is 1.90. The number of rotatable bonds is 4. The molecule has 0 bridgehead atoms. The molecule has 2 N–H and O–H groups in total. The van der Waals surface area contributed by atoms with Gasteiger partial charge in [0.1, 0.15) is 17.2 Å². The molecule has 1 aliphatic heterocycles. The lowest BCUT2D eigenvalue weighted by molar-refractivity contribution is 0.0992. The Morgan fingerprint density at radius 2 is 1.91 bits per heavy atom. The van der Waals surface area contributed by atoms with E-state index < -0.39 is 33.1 Å². The molecule has 1 aromatic rings. The van der Waals surface area contributed by atoms with Crippen LogP contribution in [-0.4, -0.2) is 37.5 Å². The first kappa shape index (κ1) is 17.8. The molecular formula is C15H20F2N2O3S. The van der Waals surface area contributed by atoms with Crippen LogP contribution in [0, 0.1) is 18.6 Å². The van der Waals surface area contributed by atoms with E-state index in [1.54, 1.807) is 6.92 Å². The molecule has 0 radical (unpaired) electrons. The van der Waals surface area contributed by atoms with E-state index in [9.17, 15) is 22.0 Å². The zero-order chi connectivity index (χ0) is 17.4. The fraction of sp³-hybridized carbons (Fsp3) is 0.533. The van der Waals surface area contributed by atoms with Gasteiger partial charge < -0.3 is 5.73 Å². The zero-order valence-corrected chi connectivity index (χ0v) is 13.9. The number of hydrogen-bond acceptors (Lipinski definition) is 3. The zero-order valence-electron chi connectivity index (χ0n) is 13.1. The van der Waals surface area contributed by atoms with Gasteiger partial charge in [-0.1, -0.05) is 0 Å². The van der Waals surface area contributed by atoms with E-state index in [4.69, 9.17) is 5.73 Å². The number of sulfonamides is 1. The molecule has 5 nitrogen and oxygen atoms in total. The summed E-state index contributed by atoms with van der Waals surface area (Å²) in [6.07, 6.45) is 0.962. The van der Waals surface area contributed by atoms with Crippen molar-refractivity contribution in [1.82, 2.24) is 4.31 Å². The molecule has 2 rings (SSSR count). The smallest absolute Gasteiger partial charge is 0.254 e. The van der Waals surface area contributed by atoms with Gasteiger partial charge in [-0.2, -0.15) is 0 Å². The highest BCUT2D eigenvalue weighted by Crippen LogP contribution is 2.34. The second-order valence-corrected chi connectivity index (χ2v) is 7.96. The van der Waals surface area contributed by atoms with Crippen LogP contribution in [0.5, 0.6) is 0 Å². The lowest BCUT2D eigenvalue weighted by Crippen LogP contribution is -2.38. The maximum absolute atomic E-state index is 14.2. The van der Waals surface area contributed by atoms with Gasteiger partial charge in [0.15, 0.2) is 0 Å². The Hall–Kier alpha value is -1.54. The van der Waals surface area contributed by atoms with Crippen LogP contribution in [-0.2, 0) is 10.0 Å². The SMILES string of the molecule is CCS(=O)(=O)N1CCC(c2cc(F)c(C(N)=O)c(F)c2C)CC1. The third-order valence-electron chi connectivity index (χ3n) is 4.40. The quantitative estimate of drug-likeness (QED) is 0.904. The van der Waals surface area contributed by atoms with Crippen molar-refractivity contribution in [2.75, 3.05) is 18.8 Å². The number of nitrogens with two attached hydrogens (primary N) is 1. The molecule has 1 saturated heterocycles. The van der Waals surface area contributed by atoms with Crippen LogP contribution in [0.2, 0.25) is 0 Å². The van der Waals surface area contributed by atoms with Crippen molar-refractivity contribution >= 4 is 15.9 Å². The van der Waals surface area contributed by atoms with E-state index in [0.717, 1.165) is 6.07 Å². The Balaban J connectivity index is 2.27. The first-order valence-electron chi connectivity index (χ1n) is 7.45. The van der Waals surface area contributed by atoms with Crippen molar-refractivity contribution < 1.29 is 22.0 Å². The molecule has 0 aromatic heterocycles. The average Bonchev–Trinajstić information content (AvgIpc) is 2.50. The summed E-state index contributed by atoms with van der Waals surface area (Å²) in [5, 5.41) is 0. The molecule has 1 heterocycles. The van der Waals surface area contributed by atoms with Gasteiger partial charge >= 0.3 is 0 Å². The number of carbonyl (C=O) groups is 1. The number of amides is 1. The minimum Gasteiger partial charge on any atom is -0.365 e. The molecule has 1 aliphatic rings.